The minimum atomic E-state index is -3.66. The summed E-state index contributed by atoms with van der Waals surface area (Å²) in [5.41, 5.74) is 6.06. The molecule has 0 radical (unpaired) electrons. The Hall–Kier alpha value is -1.44. The maximum Gasteiger partial charge on any atom is 0.337 e. The van der Waals surface area contributed by atoms with Gasteiger partial charge >= 0.3 is 5.97 Å². The van der Waals surface area contributed by atoms with Gasteiger partial charge in [0.1, 0.15) is 0 Å². The summed E-state index contributed by atoms with van der Waals surface area (Å²) in [7, 11) is -2.42. The Kier molecular flexibility index (Phi) is 4.42. The van der Waals surface area contributed by atoms with Crippen LogP contribution in [0.4, 0.5) is 0 Å². The van der Waals surface area contributed by atoms with Crippen molar-refractivity contribution in [2.75, 3.05) is 13.7 Å². The lowest BCUT2D eigenvalue weighted by molar-refractivity contribution is 0.0600. The molecule has 0 bridgehead atoms. The van der Waals surface area contributed by atoms with E-state index in [2.05, 4.69) is 9.46 Å². The van der Waals surface area contributed by atoms with E-state index in [4.69, 9.17) is 5.73 Å². The van der Waals surface area contributed by atoms with Gasteiger partial charge < -0.3 is 10.5 Å². The number of hydrogen-bond donors (Lipinski definition) is 2. The number of benzene rings is 1. The van der Waals surface area contributed by atoms with Gasteiger partial charge in [-0.2, -0.15) is 0 Å². The molecule has 1 unspecified atom stereocenters. The van der Waals surface area contributed by atoms with Crippen LogP contribution < -0.4 is 10.5 Å². The molecule has 0 aliphatic heterocycles. The number of carbonyl (C=O) groups is 1. The van der Waals surface area contributed by atoms with E-state index in [1.54, 1.807) is 0 Å². The average Bonchev–Trinajstić information content (AvgIpc) is 3.28. The first kappa shape index (κ1) is 15.0. The summed E-state index contributed by atoms with van der Waals surface area (Å²) in [6.45, 7) is 0.204. The minimum Gasteiger partial charge on any atom is -0.465 e. The Labute approximate surface area is 118 Å². The van der Waals surface area contributed by atoms with E-state index in [0.29, 0.717) is 5.92 Å². The van der Waals surface area contributed by atoms with Gasteiger partial charge in [-0.3, -0.25) is 0 Å². The molecule has 1 aliphatic rings. The van der Waals surface area contributed by atoms with Crippen molar-refractivity contribution in [3.63, 3.8) is 0 Å². The first-order chi connectivity index (χ1) is 9.44. The predicted molar refractivity (Wildman–Crippen MR) is 73.7 cm³/mol. The molecule has 1 fully saturated rings. The Morgan fingerprint density at radius 2 is 2.20 bits per heavy atom. The van der Waals surface area contributed by atoms with E-state index in [0.717, 1.165) is 12.8 Å². The fraction of sp³-hybridized carbons (Fsp3) is 0.462. The zero-order valence-electron chi connectivity index (χ0n) is 11.2. The Morgan fingerprint density at radius 3 is 2.80 bits per heavy atom. The quantitative estimate of drug-likeness (QED) is 0.745. The summed E-state index contributed by atoms with van der Waals surface area (Å²) >= 11 is 0. The molecule has 1 aromatic carbocycles. The van der Waals surface area contributed by atoms with Gasteiger partial charge in [-0.15, -0.1) is 0 Å². The van der Waals surface area contributed by atoms with E-state index in [-0.39, 0.29) is 23.0 Å². The third kappa shape index (κ3) is 3.56. The SMILES string of the molecule is COC(=O)c1cccc(S(=O)(=O)NCC(N)C2CC2)c1. The molecule has 1 aliphatic carbocycles. The highest BCUT2D eigenvalue weighted by atomic mass is 32.2. The molecule has 0 saturated heterocycles. The Morgan fingerprint density at radius 1 is 1.50 bits per heavy atom. The fourth-order valence-corrected chi connectivity index (χ4v) is 3.01. The van der Waals surface area contributed by atoms with Crippen molar-refractivity contribution in [2.45, 2.75) is 23.8 Å². The summed E-state index contributed by atoms with van der Waals surface area (Å²) in [5, 5.41) is 0. The van der Waals surface area contributed by atoms with Crippen LogP contribution in [0, 0.1) is 5.92 Å². The second-order valence-corrected chi connectivity index (χ2v) is 6.64. The molecule has 110 valence electrons. The van der Waals surface area contributed by atoms with Gasteiger partial charge in [0.2, 0.25) is 10.0 Å². The smallest absolute Gasteiger partial charge is 0.337 e. The van der Waals surface area contributed by atoms with Crippen molar-refractivity contribution in [1.82, 2.24) is 4.72 Å². The van der Waals surface area contributed by atoms with E-state index < -0.39 is 16.0 Å². The number of esters is 1. The molecule has 1 saturated carbocycles. The maximum atomic E-state index is 12.1. The molecule has 2 rings (SSSR count). The van der Waals surface area contributed by atoms with Gasteiger partial charge in [-0.1, -0.05) is 6.07 Å². The highest BCUT2D eigenvalue weighted by Crippen LogP contribution is 2.31. The fourth-order valence-electron chi connectivity index (χ4n) is 1.89. The average molecular weight is 298 g/mol. The van der Waals surface area contributed by atoms with Gasteiger partial charge in [0, 0.05) is 12.6 Å². The third-order valence-electron chi connectivity index (χ3n) is 3.30. The van der Waals surface area contributed by atoms with Gasteiger partial charge in [0.15, 0.2) is 0 Å². The second-order valence-electron chi connectivity index (χ2n) is 4.87. The van der Waals surface area contributed by atoms with Gasteiger partial charge in [0.25, 0.3) is 0 Å². The molecule has 1 atom stereocenters. The molecule has 7 heteroatoms. The molecular weight excluding hydrogens is 280 g/mol. The monoisotopic (exact) mass is 298 g/mol. The maximum absolute atomic E-state index is 12.1. The third-order valence-corrected chi connectivity index (χ3v) is 4.72. The normalized spacial score (nSPS) is 16.7. The van der Waals surface area contributed by atoms with Crippen LogP contribution in [0.5, 0.6) is 0 Å². The van der Waals surface area contributed by atoms with E-state index >= 15 is 0 Å². The van der Waals surface area contributed by atoms with E-state index in [9.17, 15) is 13.2 Å². The Balaban J connectivity index is 2.10. The van der Waals surface area contributed by atoms with Crippen LogP contribution >= 0.6 is 0 Å². The summed E-state index contributed by atoms with van der Waals surface area (Å²) in [4.78, 5) is 11.4. The second kappa shape index (κ2) is 5.90. The van der Waals surface area contributed by atoms with Crippen LogP contribution in [0.15, 0.2) is 29.2 Å². The number of ether oxygens (including phenoxy) is 1. The molecular formula is C13H18N2O4S. The number of nitrogens with one attached hydrogen (secondary N) is 1. The number of rotatable bonds is 6. The number of sulfonamides is 1. The first-order valence-electron chi connectivity index (χ1n) is 6.37. The van der Waals surface area contributed by atoms with Gasteiger partial charge in [0.05, 0.1) is 17.6 Å². The zero-order chi connectivity index (χ0) is 14.8. The lowest BCUT2D eigenvalue weighted by atomic mass is 10.2. The topological polar surface area (TPSA) is 98.5 Å². The lowest BCUT2D eigenvalue weighted by Crippen LogP contribution is -2.38. The van der Waals surface area contributed by atoms with Gasteiger partial charge in [-0.05, 0) is 37.0 Å². The largest absolute Gasteiger partial charge is 0.465 e. The molecule has 6 nitrogen and oxygen atoms in total. The summed E-state index contributed by atoms with van der Waals surface area (Å²) in [5.74, 6) is -0.157. The van der Waals surface area contributed by atoms with Crippen molar-refractivity contribution < 1.29 is 17.9 Å². The molecule has 3 N–H and O–H groups in total. The van der Waals surface area contributed by atoms with E-state index in [1.165, 1.54) is 31.4 Å². The van der Waals surface area contributed by atoms with Crippen LogP contribution in [-0.4, -0.2) is 34.1 Å². The number of hydrogen-bond acceptors (Lipinski definition) is 5. The standard InChI is InChI=1S/C13H18N2O4S/c1-19-13(16)10-3-2-4-11(7-10)20(17,18)15-8-12(14)9-5-6-9/h2-4,7,9,12,15H,5-6,8,14H2,1H3. The highest BCUT2D eigenvalue weighted by molar-refractivity contribution is 7.89. The van der Waals surface area contributed by atoms with Crippen LogP contribution in [-0.2, 0) is 14.8 Å². The molecule has 0 heterocycles. The summed E-state index contributed by atoms with van der Waals surface area (Å²) in [6, 6.07) is 5.56. The van der Waals surface area contributed by atoms with Crippen LogP contribution in [0.2, 0.25) is 0 Å². The Bertz CT molecular complexity index is 596. The summed E-state index contributed by atoms with van der Waals surface area (Å²) in [6.07, 6.45) is 2.11. The van der Waals surface area contributed by atoms with Crippen molar-refractivity contribution in [1.29, 1.82) is 0 Å². The predicted octanol–water partition coefficient (Wildman–Crippen LogP) is 0.489. The minimum absolute atomic E-state index is 0.0309. The van der Waals surface area contributed by atoms with Crippen molar-refractivity contribution >= 4 is 16.0 Å². The number of carbonyl (C=O) groups excluding carboxylic acids is 1. The number of nitrogens with two attached hydrogens (primary N) is 1. The van der Waals surface area contributed by atoms with Crippen molar-refractivity contribution in [2.24, 2.45) is 11.7 Å². The molecule has 20 heavy (non-hydrogen) atoms. The zero-order valence-corrected chi connectivity index (χ0v) is 12.0. The van der Waals surface area contributed by atoms with Crippen molar-refractivity contribution in [3.05, 3.63) is 29.8 Å². The number of methoxy groups -OCH3 is 1. The lowest BCUT2D eigenvalue weighted by Gasteiger charge is -2.12. The van der Waals surface area contributed by atoms with Crippen LogP contribution in [0.1, 0.15) is 23.2 Å². The molecule has 1 aromatic rings. The van der Waals surface area contributed by atoms with E-state index in [1.807, 2.05) is 0 Å². The molecule has 0 spiro atoms. The first-order valence-corrected chi connectivity index (χ1v) is 7.86. The molecule has 0 amide bonds. The highest BCUT2D eigenvalue weighted by Gasteiger charge is 2.29. The van der Waals surface area contributed by atoms with Gasteiger partial charge in [-0.25, -0.2) is 17.9 Å². The van der Waals surface area contributed by atoms with Crippen LogP contribution in [0.3, 0.4) is 0 Å². The van der Waals surface area contributed by atoms with Crippen LogP contribution in [0.25, 0.3) is 0 Å². The summed E-state index contributed by atoms with van der Waals surface area (Å²) < 4.78 is 31.3. The molecule has 0 aromatic heterocycles. The van der Waals surface area contributed by atoms with Crippen molar-refractivity contribution in [3.8, 4) is 0 Å².